The second-order valence-corrected chi connectivity index (χ2v) is 6.67. The SMILES string of the molecule is Cc1ccc2nc(OP(C)(=O)O)c3ccccc3c2c1. The minimum atomic E-state index is -3.64. The normalized spacial score (nSPS) is 14.3. The maximum absolute atomic E-state index is 11.5. The van der Waals surface area contributed by atoms with Gasteiger partial charge in [0.1, 0.15) is 0 Å². The fourth-order valence-electron chi connectivity index (χ4n) is 2.27. The lowest BCUT2D eigenvalue weighted by Crippen LogP contribution is -1.95. The lowest BCUT2D eigenvalue weighted by molar-refractivity contribution is 0.384. The van der Waals surface area contributed by atoms with Crippen LogP contribution in [0.5, 0.6) is 5.88 Å². The Morgan fingerprint density at radius 2 is 1.80 bits per heavy atom. The van der Waals surface area contributed by atoms with E-state index in [0.717, 1.165) is 33.9 Å². The summed E-state index contributed by atoms with van der Waals surface area (Å²) in [6, 6.07) is 13.5. The van der Waals surface area contributed by atoms with Gasteiger partial charge in [0, 0.05) is 17.4 Å². The van der Waals surface area contributed by atoms with Crippen LogP contribution in [0.4, 0.5) is 0 Å². The number of fused-ring (bicyclic) bond motifs is 3. The Morgan fingerprint density at radius 3 is 2.50 bits per heavy atom. The number of pyridine rings is 1. The molecule has 0 bridgehead atoms. The zero-order valence-electron chi connectivity index (χ0n) is 11.2. The van der Waals surface area contributed by atoms with Gasteiger partial charge in [-0.25, -0.2) is 9.55 Å². The van der Waals surface area contributed by atoms with E-state index < -0.39 is 7.60 Å². The van der Waals surface area contributed by atoms with Crippen molar-refractivity contribution in [1.29, 1.82) is 0 Å². The molecule has 4 nitrogen and oxygen atoms in total. The predicted molar refractivity (Wildman–Crippen MR) is 80.4 cm³/mol. The van der Waals surface area contributed by atoms with Crippen LogP contribution in [0.25, 0.3) is 21.7 Å². The zero-order valence-corrected chi connectivity index (χ0v) is 12.1. The van der Waals surface area contributed by atoms with Crippen molar-refractivity contribution >= 4 is 29.3 Å². The van der Waals surface area contributed by atoms with Gasteiger partial charge in [0.05, 0.1) is 5.52 Å². The lowest BCUT2D eigenvalue weighted by Gasteiger charge is -2.12. The molecule has 102 valence electrons. The Kier molecular flexibility index (Phi) is 3.00. The second-order valence-electron chi connectivity index (χ2n) is 4.88. The average Bonchev–Trinajstić information content (AvgIpc) is 2.38. The van der Waals surface area contributed by atoms with E-state index in [1.54, 1.807) is 0 Å². The van der Waals surface area contributed by atoms with Crippen LogP contribution in [0.15, 0.2) is 42.5 Å². The Bertz CT molecular complexity index is 854. The van der Waals surface area contributed by atoms with Crippen LogP contribution >= 0.6 is 7.60 Å². The molecule has 1 atom stereocenters. The van der Waals surface area contributed by atoms with Gasteiger partial charge in [0.2, 0.25) is 5.88 Å². The summed E-state index contributed by atoms with van der Waals surface area (Å²) in [6.07, 6.45) is 0. The summed E-state index contributed by atoms with van der Waals surface area (Å²) in [5.74, 6) is 0.199. The molecule has 1 aromatic heterocycles. The van der Waals surface area contributed by atoms with E-state index in [1.807, 2.05) is 43.3 Å². The predicted octanol–water partition coefficient (Wildman–Crippen LogP) is 3.89. The molecule has 1 heterocycles. The largest absolute Gasteiger partial charge is 0.405 e. The smallest absolute Gasteiger partial charge is 0.374 e. The maximum Gasteiger partial charge on any atom is 0.374 e. The molecule has 1 unspecified atom stereocenters. The van der Waals surface area contributed by atoms with E-state index in [2.05, 4.69) is 11.1 Å². The number of hydrogen-bond acceptors (Lipinski definition) is 3. The van der Waals surface area contributed by atoms with Crippen LogP contribution in [0.1, 0.15) is 5.56 Å². The number of nitrogens with zero attached hydrogens (tertiary/aromatic N) is 1. The number of aryl methyl sites for hydroxylation is 1. The molecule has 0 fully saturated rings. The number of rotatable bonds is 2. The fourth-order valence-corrected chi connectivity index (χ4v) is 2.73. The molecular formula is C15H14NO3P. The van der Waals surface area contributed by atoms with Crippen molar-refractivity contribution in [1.82, 2.24) is 4.98 Å². The second kappa shape index (κ2) is 4.58. The van der Waals surface area contributed by atoms with Crippen LogP contribution in [0.3, 0.4) is 0 Å². The minimum absolute atomic E-state index is 0.199. The standard InChI is InChI=1S/C15H14NO3P/c1-10-7-8-14-13(9-10)11-5-3-4-6-12(11)15(16-14)19-20(2,17)18/h3-9H,1-2H3,(H,17,18). The van der Waals surface area contributed by atoms with Crippen LogP contribution in [-0.2, 0) is 4.57 Å². The van der Waals surface area contributed by atoms with Crippen molar-refractivity contribution in [2.75, 3.05) is 6.66 Å². The summed E-state index contributed by atoms with van der Waals surface area (Å²) < 4.78 is 16.7. The zero-order chi connectivity index (χ0) is 14.3. The first kappa shape index (κ1) is 13.1. The summed E-state index contributed by atoms with van der Waals surface area (Å²) in [5.41, 5.74) is 1.89. The number of aromatic nitrogens is 1. The lowest BCUT2D eigenvalue weighted by atomic mass is 10.0. The third-order valence-corrected chi connectivity index (χ3v) is 3.59. The van der Waals surface area contributed by atoms with Gasteiger partial charge in [-0.2, -0.15) is 0 Å². The Balaban J connectivity index is 2.40. The molecule has 3 rings (SSSR count). The van der Waals surface area contributed by atoms with Gasteiger partial charge >= 0.3 is 7.60 Å². The Morgan fingerprint density at radius 1 is 1.10 bits per heavy atom. The van der Waals surface area contributed by atoms with Crippen molar-refractivity contribution in [2.24, 2.45) is 0 Å². The highest BCUT2D eigenvalue weighted by molar-refractivity contribution is 7.52. The average molecular weight is 287 g/mol. The van der Waals surface area contributed by atoms with Crippen molar-refractivity contribution in [3.63, 3.8) is 0 Å². The van der Waals surface area contributed by atoms with Crippen LogP contribution in [-0.4, -0.2) is 16.5 Å². The summed E-state index contributed by atoms with van der Waals surface area (Å²) in [4.78, 5) is 13.8. The van der Waals surface area contributed by atoms with E-state index in [1.165, 1.54) is 0 Å². The topological polar surface area (TPSA) is 59.4 Å². The van der Waals surface area contributed by atoms with Crippen LogP contribution < -0.4 is 4.52 Å². The summed E-state index contributed by atoms with van der Waals surface area (Å²) >= 11 is 0. The molecule has 0 radical (unpaired) electrons. The monoisotopic (exact) mass is 287 g/mol. The highest BCUT2D eigenvalue weighted by Gasteiger charge is 2.17. The van der Waals surface area contributed by atoms with Gasteiger partial charge < -0.3 is 9.42 Å². The highest BCUT2D eigenvalue weighted by atomic mass is 31.2. The van der Waals surface area contributed by atoms with Crippen molar-refractivity contribution in [2.45, 2.75) is 6.92 Å². The van der Waals surface area contributed by atoms with Gasteiger partial charge in [-0.15, -0.1) is 0 Å². The molecule has 3 aromatic rings. The Hall–Kier alpha value is -1.90. The molecule has 1 N–H and O–H groups in total. The van der Waals surface area contributed by atoms with E-state index >= 15 is 0 Å². The first-order valence-electron chi connectivity index (χ1n) is 6.23. The van der Waals surface area contributed by atoms with Gasteiger partial charge in [-0.3, -0.25) is 0 Å². The minimum Gasteiger partial charge on any atom is -0.405 e. The first-order chi connectivity index (χ1) is 9.44. The van der Waals surface area contributed by atoms with Gasteiger partial charge in [-0.1, -0.05) is 29.8 Å². The van der Waals surface area contributed by atoms with E-state index in [9.17, 15) is 9.46 Å². The molecule has 0 saturated heterocycles. The molecule has 2 aromatic carbocycles. The maximum atomic E-state index is 11.5. The van der Waals surface area contributed by atoms with Gasteiger partial charge in [-0.05, 0) is 30.5 Å². The van der Waals surface area contributed by atoms with Crippen molar-refractivity contribution in [3.05, 3.63) is 48.0 Å². The number of benzene rings is 2. The van der Waals surface area contributed by atoms with E-state index in [-0.39, 0.29) is 5.88 Å². The molecule has 0 spiro atoms. The van der Waals surface area contributed by atoms with E-state index in [0.29, 0.717) is 0 Å². The summed E-state index contributed by atoms with van der Waals surface area (Å²) in [6.45, 7) is 3.18. The molecular weight excluding hydrogens is 273 g/mol. The van der Waals surface area contributed by atoms with Gasteiger partial charge in [0.15, 0.2) is 0 Å². The quantitative estimate of drug-likeness (QED) is 0.574. The molecule has 0 aliphatic carbocycles. The molecule has 5 heteroatoms. The van der Waals surface area contributed by atoms with Crippen molar-refractivity contribution in [3.8, 4) is 5.88 Å². The van der Waals surface area contributed by atoms with Gasteiger partial charge in [0.25, 0.3) is 0 Å². The Labute approximate surface area is 116 Å². The van der Waals surface area contributed by atoms with Crippen LogP contribution in [0, 0.1) is 6.92 Å². The van der Waals surface area contributed by atoms with Crippen LogP contribution in [0.2, 0.25) is 0 Å². The summed E-state index contributed by atoms with van der Waals surface area (Å²) in [7, 11) is -3.64. The molecule has 20 heavy (non-hydrogen) atoms. The third-order valence-electron chi connectivity index (χ3n) is 3.08. The molecule has 0 aliphatic rings. The van der Waals surface area contributed by atoms with Crippen molar-refractivity contribution < 1.29 is 14.0 Å². The first-order valence-corrected chi connectivity index (χ1v) is 8.25. The number of hydrogen-bond donors (Lipinski definition) is 1. The molecule has 0 aliphatic heterocycles. The fraction of sp³-hybridized carbons (Fsp3) is 0.133. The summed E-state index contributed by atoms with van der Waals surface area (Å²) in [5, 5.41) is 2.71. The third kappa shape index (κ3) is 2.40. The van der Waals surface area contributed by atoms with E-state index in [4.69, 9.17) is 4.52 Å². The molecule has 0 amide bonds. The highest BCUT2D eigenvalue weighted by Crippen LogP contribution is 2.41. The molecule has 0 saturated carbocycles.